The van der Waals surface area contributed by atoms with Gasteiger partial charge in [0.1, 0.15) is 0 Å². The zero-order chi connectivity index (χ0) is 13.8. The van der Waals surface area contributed by atoms with Crippen molar-refractivity contribution < 1.29 is 17.9 Å². The van der Waals surface area contributed by atoms with Gasteiger partial charge in [0.05, 0.1) is 12.7 Å². The molecular weight excluding hydrogens is 245 g/mol. The summed E-state index contributed by atoms with van der Waals surface area (Å²) in [4.78, 5) is 0. The molecule has 0 spiro atoms. The van der Waals surface area contributed by atoms with Gasteiger partial charge >= 0.3 is 6.18 Å². The average Bonchev–Trinajstić information content (AvgIpc) is 2.35. The summed E-state index contributed by atoms with van der Waals surface area (Å²) in [7, 11) is 0. The van der Waals surface area contributed by atoms with Gasteiger partial charge in [0, 0.05) is 0 Å². The van der Waals surface area contributed by atoms with Crippen LogP contribution in [0.2, 0.25) is 0 Å². The number of halogens is 3. The minimum atomic E-state index is -4.47. The molecule has 1 rings (SSSR count). The van der Waals surface area contributed by atoms with Gasteiger partial charge in [0.2, 0.25) is 0 Å². The molecule has 18 heavy (non-hydrogen) atoms. The van der Waals surface area contributed by atoms with Crippen LogP contribution in [-0.2, 0) is 10.3 Å². The summed E-state index contributed by atoms with van der Waals surface area (Å²) in [6.07, 6.45) is -6.43. The van der Waals surface area contributed by atoms with Gasteiger partial charge in [-0.3, -0.25) is 0 Å². The Kier molecular flexibility index (Phi) is 4.33. The van der Waals surface area contributed by atoms with Crippen LogP contribution in [0.15, 0.2) is 30.3 Å². The van der Waals surface area contributed by atoms with Crippen molar-refractivity contribution in [3.63, 3.8) is 0 Å². The minimum Gasteiger partial charge on any atom is -0.366 e. The van der Waals surface area contributed by atoms with Crippen LogP contribution in [0.5, 0.6) is 0 Å². The van der Waals surface area contributed by atoms with Gasteiger partial charge in [-0.2, -0.15) is 18.4 Å². The first-order valence-electron chi connectivity index (χ1n) is 5.23. The Morgan fingerprint density at radius 2 is 1.89 bits per heavy atom. The Labute approximate surface area is 103 Å². The van der Waals surface area contributed by atoms with Gasteiger partial charge in [0.15, 0.2) is 11.6 Å². The molecule has 0 saturated heterocycles. The molecule has 0 heterocycles. The number of rotatable bonds is 4. The molecule has 0 aliphatic carbocycles. The van der Waals surface area contributed by atoms with E-state index in [0.717, 1.165) is 6.92 Å². The quantitative estimate of drug-likeness (QED) is 0.901. The van der Waals surface area contributed by atoms with Gasteiger partial charge in [-0.25, -0.2) is 0 Å². The summed E-state index contributed by atoms with van der Waals surface area (Å²) in [5, 5.41) is 9.02. The predicted molar refractivity (Wildman–Crippen MR) is 59.4 cm³/mol. The van der Waals surface area contributed by atoms with Crippen LogP contribution in [0.3, 0.4) is 0 Å². The third-order valence-corrected chi connectivity index (χ3v) is 2.51. The van der Waals surface area contributed by atoms with Crippen LogP contribution < -0.4 is 5.73 Å². The SMILES string of the molecule is CC(OCC(N)(C#N)c1ccccc1)C(F)(F)F. The maximum atomic E-state index is 12.3. The first kappa shape index (κ1) is 14.5. The van der Waals surface area contributed by atoms with Crippen molar-refractivity contribution in [2.24, 2.45) is 5.73 Å². The van der Waals surface area contributed by atoms with Crippen LogP contribution in [0.4, 0.5) is 13.2 Å². The van der Waals surface area contributed by atoms with Crippen molar-refractivity contribution in [2.75, 3.05) is 6.61 Å². The second-order valence-corrected chi connectivity index (χ2v) is 3.94. The fourth-order valence-corrected chi connectivity index (χ4v) is 1.27. The summed E-state index contributed by atoms with van der Waals surface area (Å²) in [6.45, 7) is 0.358. The van der Waals surface area contributed by atoms with Gasteiger partial charge in [0.25, 0.3) is 0 Å². The number of alkyl halides is 3. The minimum absolute atomic E-state index is 0.418. The first-order valence-corrected chi connectivity index (χ1v) is 5.23. The number of nitriles is 1. The van der Waals surface area contributed by atoms with E-state index in [4.69, 9.17) is 11.0 Å². The Bertz CT molecular complexity index is 427. The van der Waals surface area contributed by atoms with E-state index in [1.807, 2.05) is 0 Å². The van der Waals surface area contributed by atoms with E-state index in [1.165, 1.54) is 0 Å². The zero-order valence-electron chi connectivity index (χ0n) is 9.74. The van der Waals surface area contributed by atoms with Crippen LogP contribution in [0, 0.1) is 11.3 Å². The van der Waals surface area contributed by atoms with E-state index < -0.39 is 24.4 Å². The average molecular weight is 258 g/mol. The Morgan fingerprint density at radius 1 is 1.33 bits per heavy atom. The largest absolute Gasteiger partial charge is 0.414 e. The number of benzene rings is 1. The number of hydrogen-bond acceptors (Lipinski definition) is 3. The van der Waals surface area contributed by atoms with Gasteiger partial charge in [-0.05, 0) is 12.5 Å². The molecule has 1 aromatic rings. The van der Waals surface area contributed by atoms with Crippen LogP contribution in [0.1, 0.15) is 12.5 Å². The lowest BCUT2D eigenvalue weighted by atomic mass is 9.93. The highest BCUT2D eigenvalue weighted by atomic mass is 19.4. The van der Waals surface area contributed by atoms with E-state index in [-0.39, 0.29) is 0 Å². The second kappa shape index (κ2) is 5.38. The van der Waals surface area contributed by atoms with Crippen molar-refractivity contribution in [3.05, 3.63) is 35.9 Å². The number of ether oxygens (including phenoxy) is 1. The highest BCUT2D eigenvalue weighted by Gasteiger charge is 2.39. The molecule has 2 atom stereocenters. The van der Waals surface area contributed by atoms with Crippen molar-refractivity contribution in [3.8, 4) is 6.07 Å². The molecule has 0 bridgehead atoms. The lowest BCUT2D eigenvalue weighted by Gasteiger charge is -2.25. The summed E-state index contributed by atoms with van der Waals surface area (Å²) >= 11 is 0. The summed E-state index contributed by atoms with van der Waals surface area (Å²) in [6, 6.07) is 9.97. The standard InChI is InChI=1S/C12H13F3N2O/c1-9(12(13,14)15)18-8-11(17,7-16)10-5-3-2-4-6-10/h2-6,9H,8,17H2,1H3. The molecule has 3 nitrogen and oxygen atoms in total. The van der Waals surface area contributed by atoms with Crippen molar-refractivity contribution >= 4 is 0 Å². The zero-order valence-corrected chi connectivity index (χ0v) is 9.74. The lowest BCUT2D eigenvalue weighted by Crippen LogP contribution is -2.43. The maximum absolute atomic E-state index is 12.3. The van der Waals surface area contributed by atoms with E-state index in [1.54, 1.807) is 36.4 Å². The van der Waals surface area contributed by atoms with Crippen molar-refractivity contribution in [2.45, 2.75) is 24.7 Å². The fraction of sp³-hybridized carbons (Fsp3) is 0.417. The topological polar surface area (TPSA) is 59.0 Å². The van der Waals surface area contributed by atoms with E-state index in [0.29, 0.717) is 5.56 Å². The molecule has 6 heteroatoms. The van der Waals surface area contributed by atoms with Crippen LogP contribution in [0.25, 0.3) is 0 Å². The van der Waals surface area contributed by atoms with Crippen LogP contribution >= 0.6 is 0 Å². The van der Waals surface area contributed by atoms with E-state index in [2.05, 4.69) is 4.74 Å². The normalized spacial score (nSPS) is 16.7. The van der Waals surface area contributed by atoms with E-state index in [9.17, 15) is 13.2 Å². The van der Waals surface area contributed by atoms with Crippen LogP contribution in [-0.4, -0.2) is 18.9 Å². The molecule has 0 saturated carbocycles. The monoisotopic (exact) mass is 258 g/mol. The molecule has 2 N–H and O–H groups in total. The molecule has 1 aromatic carbocycles. The summed E-state index contributed by atoms with van der Waals surface area (Å²) < 4.78 is 41.5. The molecule has 0 aliphatic heterocycles. The third kappa shape index (κ3) is 3.45. The molecule has 0 aliphatic rings. The molecule has 0 aromatic heterocycles. The van der Waals surface area contributed by atoms with Crippen molar-refractivity contribution in [1.82, 2.24) is 0 Å². The Balaban J connectivity index is 2.77. The highest BCUT2D eigenvalue weighted by Crippen LogP contribution is 2.25. The summed E-state index contributed by atoms with van der Waals surface area (Å²) in [5.74, 6) is 0. The molecule has 2 unspecified atom stereocenters. The molecule has 0 fully saturated rings. The maximum Gasteiger partial charge on any atom is 0.414 e. The predicted octanol–water partition coefficient (Wildman–Crippen LogP) is 2.33. The summed E-state index contributed by atoms with van der Waals surface area (Å²) in [5.41, 5.74) is 4.59. The first-order chi connectivity index (χ1) is 8.29. The molecule has 98 valence electrons. The van der Waals surface area contributed by atoms with Gasteiger partial charge < -0.3 is 10.5 Å². The fourth-order valence-electron chi connectivity index (χ4n) is 1.27. The smallest absolute Gasteiger partial charge is 0.366 e. The Morgan fingerprint density at radius 3 is 2.33 bits per heavy atom. The number of hydrogen-bond donors (Lipinski definition) is 1. The molecular formula is C12H13F3N2O. The second-order valence-electron chi connectivity index (χ2n) is 3.94. The number of nitrogens with two attached hydrogens (primary N) is 1. The lowest BCUT2D eigenvalue weighted by molar-refractivity contribution is -0.216. The van der Waals surface area contributed by atoms with Crippen molar-refractivity contribution in [1.29, 1.82) is 5.26 Å². The van der Waals surface area contributed by atoms with Gasteiger partial charge in [-0.1, -0.05) is 30.3 Å². The number of nitrogens with zero attached hydrogens (tertiary/aromatic N) is 1. The molecule has 0 amide bonds. The third-order valence-electron chi connectivity index (χ3n) is 2.51. The highest BCUT2D eigenvalue weighted by molar-refractivity contribution is 5.30. The van der Waals surface area contributed by atoms with E-state index >= 15 is 0 Å². The molecule has 0 radical (unpaired) electrons. The Hall–Kier alpha value is -1.58. The van der Waals surface area contributed by atoms with Gasteiger partial charge in [-0.15, -0.1) is 0 Å².